The Morgan fingerprint density at radius 2 is 1.94 bits per heavy atom. The van der Waals surface area contributed by atoms with E-state index in [0.717, 1.165) is 38.3 Å². The number of hydrogen-bond acceptors (Lipinski definition) is 7. The van der Waals surface area contributed by atoms with Crippen LogP contribution in [0.2, 0.25) is 0 Å². The Labute approximate surface area is 198 Å². The fourth-order valence-electron chi connectivity index (χ4n) is 4.10. The molecule has 4 heterocycles. The van der Waals surface area contributed by atoms with Crippen LogP contribution < -0.4 is 10.5 Å². The molecule has 2 aromatic heterocycles. The fourth-order valence-corrected chi connectivity index (χ4v) is 5.35. The maximum atomic E-state index is 13.6. The van der Waals surface area contributed by atoms with Gasteiger partial charge in [0.1, 0.15) is 15.8 Å². The Morgan fingerprint density at radius 3 is 2.59 bits per heavy atom. The van der Waals surface area contributed by atoms with Crippen molar-refractivity contribution in [2.75, 3.05) is 44.2 Å². The second-order valence-electron chi connectivity index (χ2n) is 8.65. The molecule has 0 atom stereocenters. The molecule has 1 amide bonds. The smallest absolute Gasteiger partial charge is 0.267 e. The zero-order valence-corrected chi connectivity index (χ0v) is 20.6. The highest BCUT2D eigenvalue weighted by Gasteiger charge is 2.33. The van der Waals surface area contributed by atoms with Crippen molar-refractivity contribution in [3.63, 3.8) is 0 Å². The van der Waals surface area contributed by atoms with Crippen LogP contribution in [0.4, 0.5) is 5.82 Å². The number of aryl methyl sites for hydroxylation is 1. The predicted octanol–water partition coefficient (Wildman–Crippen LogP) is 3.00. The van der Waals surface area contributed by atoms with Crippen molar-refractivity contribution in [1.29, 1.82) is 0 Å². The average molecular weight is 472 g/mol. The van der Waals surface area contributed by atoms with Crippen LogP contribution >= 0.6 is 24.0 Å². The maximum absolute atomic E-state index is 13.6. The molecular formula is C23H29N5O2S2. The van der Waals surface area contributed by atoms with Crippen molar-refractivity contribution in [3.8, 4) is 0 Å². The van der Waals surface area contributed by atoms with E-state index in [1.165, 1.54) is 11.8 Å². The number of carbonyl (C=O) groups excluding carboxylic acids is 1. The van der Waals surface area contributed by atoms with Gasteiger partial charge in [-0.2, -0.15) is 0 Å². The van der Waals surface area contributed by atoms with E-state index in [4.69, 9.17) is 17.2 Å². The van der Waals surface area contributed by atoms with E-state index in [1.54, 1.807) is 21.6 Å². The molecule has 2 aromatic rings. The van der Waals surface area contributed by atoms with Crippen molar-refractivity contribution >= 4 is 51.7 Å². The molecule has 0 radical (unpaired) electrons. The minimum Gasteiger partial charge on any atom is -0.353 e. The van der Waals surface area contributed by atoms with Crippen molar-refractivity contribution in [2.24, 2.45) is 5.92 Å². The van der Waals surface area contributed by atoms with Crippen LogP contribution in [0, 0.1) is 12.8 Å². The van der Waals surface area contributed by atoms with Crippen LogP contribution in [0.1, 0.15) is 31.9 Å². The normalized spacial score (nSPS) is 19.2. The zero-order chi connectivity index (χ0) is 23.0. The first-order chi connectivity index (χ1) is 15.3. The number of fused-ring (bicyclic) bond motifs is 1. The van der Waals surface area contributed by atoms with Gasteiger partial charge >= 0.3 is 0 Å². The SMILES string of the molecule is CCN1CCN(c2nc3c(C)cccn3c(=O)c2C=C2SC(=S)N(CC(C)C)C2=O)CC1. The predicted molar refractivity (Wildman–Crippen MR) is 135 cm³/mol. The van der Waals surface area contributed by atoms with E-state index >= 15 is 0 Å². The molecule has 0 saturated carbocycles. The van der Waals surface area contributed by atoms with Gasteiger partial charge in [-0.3, -0.25) is 18.9 Å². The molecule has 0 aromatic carbocycles. The van der Waals surface area contributed by atoms with Gasteiger partial charge in [-0.15, -0.1) is 0 Å². The number of likely N-dealkylation sites (N-methyl/N-ethyl adjacent to an activating group) is 1. The molecule has 0 unspecified atom stereocenters. The summed E-state index contributed by atoms with van der Waals surface area (Å²) in [6, 6.07) is 3.80. The third-order valence-electron chi connectivity index (χ3n) is 5.88. The lowest BCUT2D eigenvalue weighted by Crippen LogP contribution is -2.47. The summed E-state index contributed by atoms with van der Waals surface area (Å²) in [6.07, 6.45) is 3.43. The third kappa shape index (κ3) is 4.33. The molecule has 4 rings (SSSR count). The number of thioether (sulfide) groups is 1. The molecule has 9 heteroatoms. The molecular weight excluding hydrogens is 442 g/mol. The first kappa shape index (κ1) is 22.9. The van der Waals surface area contributed by atoms with Gasteiger partial charge in [0.25, 0.3) is 11.5 Å². The van der Waals surface area contributed by atoms with Gasteiger partial charge in [0.05, 0.1) is 10.5 Å². The third-order valence-corrected chi connectivity index (χ3v) is 7.26. The fraction of sp³-hybridized carbons (Fsp3) is 0.478. The Hall–Kier alpha value is -2.23. The van der Waals surface area contributed by atoms with Gasteiger partial charge < -0.3 is 9.80 Å². The summed E-state index contributed by atoms with van der Waals surface area (Å²) in [6.45, 7) is 13.2. The minimum absolute atomic E-state index is 0.135. The number of nitrogens with zero attached hydrogens (tertiary/aromatic N) is 5. The number of carbonyl (C=O) groups is 1. The highest BCUT2D eigenvalue weighted by atomic mass is 32.2. The van der Waals surface area contributed by atoms with E-state index in [9.17, 15) is 9.59 Å². The number of piperazine rings is 1. The van der Waals surface area contributed by atoms with E-state index in [1.807, 2.05) is 19.1 Å². The first-order valence-electron chi connectivity index (χ1n) is 11.0. The molecule has 0 N–H and O–H groups in total. The van der Waals surface area contributed by atoms with E-state index in [-0.39, 0.29) is 11.5 Å². The molecule has 0 bridgehead atoms. The number of thiocarbonyl (C=S) groups is 1. The molecule has 2 aliphatic rings. The van der Waals surface area contributed by atoms with Gasteiger partial charge in [0.15, 0.2) is 0 Å². The number of hydrogen-bond donors (Lipinski definition) is 0. The van der Waals surface area contributed by atoms with Crippen molar-refractivity contribution < 1.29 is 4.79 Å². The average Bonchev–Trinajstić information content (AvgIpc) is 3.03. The van der Waals surface area contributed by atoms with Gasteiger partial charge in [-0.1, -0.05) is 50.8 Å². The summed E-state index contributed by atoms with van der Waals surface area (Å²) in [5.41, 5.74) is 1.87. The summed E-state index contributed by atoms with van der Waals surface area (Å²) in [7, 11) is 0. The molecule has 2 saturated heterocycles. The lowest BCUT2D eigenvalue weighted by Gasteiger charge is -2.35. The zero-order valence-electron chi connectivity index (χ0n) is 19.0. The second kappa shape index (κ2) is 9.33. The molecule has 2 aliphatic heterocycles. The highest BCUT2D eigenvalue weighted by molar-refractivity contribution is 8.26. The minimum atomic E-state index is -0.166. The first-order valence-corrected chi connectivity index (χ1v) is 12.3. The number of rotatable bonds is 5. The van der Waals surface area contributed by atoms with Crippen LogP contribution in [-0.2, 0) is 4.79 Å². The van der Waals surface area contributed by atoms with E-state index in [0.29, 0.717) is 38.7 Å². The number of pyridine rings is 1. The highest BCUT2D eigenvalue weighted by Crippen LogP contribution is 2.34. The van der Waals surface area contributed by atoms with Crippen LogP contribution in [-0.4, -0.2) is 68.7 Å². The number of amides is 1. The quantitative estimate of drug-likeness (QED) is 0.491. The molecule has 32 heavy (non-hydrogen) atoms. The number of anilines is 1. The monoisotopic (exact) mass is 471 g/mol. The van der Waals surface area contributed by atoms with Crippen LogP contribution in [0.5, 0.6) is 0 Å². The Balaban J connectivity index is 1.82. The van der Waals surface area contributed by atoms with Gasteiger partial charge in [0.2, 0.25) is 0 Å². The molecule has 7 nitrogen and oxygen atoms in total. The lowest BCUT2D eigenvalue weighted by molar-refractivity contribution is -0.122. The standard InChI is InChI=1S/C23H29N5O2S2/c1-5-25-9-11-26(12-10-25)20-17(21(29)27-8-6-7-16(4)19(27)24-20)13-18-22(30)28(14-15(2)3)23(31)32-18/h6-8,13,15H,5,9-12,14H2,1-4H3. The largest absolute Gasteiger partial charge is 0.353 e. The summed E-state index contributed by atoms with van der Waals surface area (Å²) >= 11 is 6.71. The summed E-state index contributed by atoms with van der Waals surface area (Å²) in [4.78, 5) is 38.2. The molecule has 2 fully saturated rings. The Morgan fingerprint density at radius 1 is 1.22 bits per heavy atom. The summed E-state index contributed by atoms with van der Waals surface area (Å²) in [5.74, 6) is 0.816. The Bertz CT molecular complexity index is 1150. The van der Waals surface area contributed by atoms with Crippen LogP contribution in [0.25, 0.3) is 11.7 Å². The summed E-state index contributed by atoms with van der Waals surface area (Å²) < 4.78 is 2.11. The molecule has 170 valence electrons. The van der Waals surface area contributed by atoms with Crippen molar-refractivity contribution in [2.45, 2.75) is 27.7 Å². The van der Waals surface area contributed by atoms with Gasteiger partial charge in [-0.05, 0) is 37.1 Å². The second-order valence-corrected chi connectivity index (χ2v) is 10.3. The maximum Gasteiger partial charge on any atom is 0.267 e. The van der Waals surface area contributed by atoms with Crippen LogP contribution in [0.15, 0.2) is 28.0 Å². The number of aromatic nitrogens is 2. The molecule has 0 aliphatic carbocycles. The van der Waals surface area contributed by atoms with E-state index < -0.39 is 0 Å². The van der Waals surface area contributed by atoms with Crippen LogP contribution in [0.3, 0.4) is 0 Å². The van der Waals surface area contributed by atoms with Crippen molar-refractivity contribution in [1.82, 2.24) is 19.2 Å². The van der Waals surface area contributed by atoms with Gasteiger partial charge in [0, 0.05) is 38.9 Å². The molecule has 0 spiro atoms. The summed E-state index contributed by atoms with van der Waals surface area (Å²) in [5, 5.41) is 0. The Kier molecular flexibility index (Phi) is 6.69. The lowest BCUT2D eigenvalue weighted by atomic mass is 10.2. The topological polar surface area (TPSA) is 61.2 Å². The van der Waals surface area contributed by atoms with Gasteiger partial charge in [-0.25, -0.2) is 4.98 Å². The van der Waals surface area contributed by atoms with E-state index in [2.05, 4.69) is 30.6 Å². The van der Waals surface area contributed by atoms with Crippen molar-refractivity contribution in [3.05, 3.63) is 44.7 Å².